The molecule has 7 atom stereocenters. The Hall–Kier alpha value is -0.210. The molecule has 204 valence electrons. The van der Waals surface area contributed by atoms with Crippen molar-refractivity contribution < 1.29 is 24.9 Å². The molecular weight excluding hydrogens is 480 g/mol. The minimum absolute atomic E-state index is 0.0738. The Balaban J connectivity index is 1.90. The van der Waals surface area contributed by atoms with Gasteiger partial charge in [0, 0.05) is 6.42 Å². The SMILES string of the molecule is C=C(C[C@H](O)CCC)C[C@@H](C)C1([C@H](O)C[C@H]2C[C@H](C)[C@H](CCCC[C@H](C)C(=O)O)O2)SCCCS1. The molecule has 0 unspecified atom stereocenters. The molecule has 2 fully saturated rings. The van der Waals surface area contributed by atoms with Crippen molar-refractivity contribution >= 4 is 29.5 Å². The van der Waals surface area contributed by atoms with Gasteiger partial charge in [-0.05, 0) is 68.3 Å². The van der Waals surface area contributed by atoms with Gasteiger partial charge in [-0.25, -0.2) is 0 Å². The van der Waals surface area contributed by atoms with Crippen LogP contribution in [0, 0.1) is 17.8 Å². The Morgan fingerprint density at radius 2 is 1.83 bits per heavy atom. The third-order valence-electron chi connectivity index (χ3n) is 7.76. The first-order valence-electron chi connectivity index (χ1n) is 13.8. The van der Waals surface area contributed by atoms with Gasteiger partial charge in [-0.3, -0.25) is 4.79 Å². The van der Waals surface area contributed by atoms with Gasteiger partial charge in [0.2, 0.25) is 0 Å². The minimum atomic E-state index is -0.716. The number of aliphatic carboxylic acids is 1. The molecule has 35 heavy (non-hydrogen) atoms. The molecule has 0 spiro atoms. The van der Waals surface area contributed by atoms with Crippen LogP contribution in [0.5, 0.6) is 0 Å². The van der Waals surface area contributed by atoms with Crippen molar-refractivity contribution in [1.29, 1.82) is 0 Å². The molecule has 0 amide bonds. The number of rotatable bonds is 16. The molecule has 2 saturated heterocycles. The summed E-state index contributed by atoms with van der Waals surface area (Å²) in [5.74, 6) is 1.86. The van der Waals surface area contributed by atoms with E-state index >= 15 is 0 Å². The summed E-state index contributed by atoms with van der Waals surface area (Å²) in [6.07, 6.45) is 9.16. The van der Waals surface area contributed by atoms with E-state index in [9.17, 15) is 15.0 Å². The van der Waals surface area contributed by atoms with Crippen LogP contribution in [0.4, 0.5) is 0 Å². The molecule has 0 radical (unpaired) electrons. The van der Waals surface area contributed by atoms with Crippen molar-refractivity contribution in [3.05, 3.63) is 12.2 Å². The van der Waals surface area contributed by atoms with E-state index in [0.29, 0.717) is 25.2 Å². The molecule has 0 saturated carbocycles. The number of aliphatic hydroxyl groups excluding tert-OH is 2. The van der Waals surface area contributed by atoms with E-state index in [2.05, 4.69) is 27.4 Å². The van der Waals surface area contributed by atoms with Crippen LogP contribution in [-0.4, -0.2) is 61.3 Å². The summed E-state index contributed by atoms with van der Waals surface area (Å²) in [7, 11) is 0. The maximum Gasteiger partial charge on any atom is 0.306 e. The normalized spacial score (nSPS) is 27.8. The lowest BCUT2D eigenvalue weighted by atomic mass is 9.89. The molecule has 0 aromatic carbocycles. The lowest BCUT2D eigenvalue weighted by Crippen LogP contribution is -2.46. The first kappa shape index (κ1) is 31.0. The molecule has 5 nitrogen and oxygen atoms in total. The quantitative estimate of drug-likeness (QED) is 0.155. The van der Waals surface area contributed by atoms with Crippen molar-refractivity contribution in [3.63, 3.8) is 0 Å². The maximum atomic E-state index is 11.6. The fourth-order valence-corrected chi connectivity index (χ4v) is 9.18. The molecule has 0 aliphatic carbocycles. The first-order valence-corrected chi connectivity index (χ1v) is 15.7. The van der Waals surface area contributed by atoms with Crippen LogP contribution in [0.15, 0.2) is 12.2 Å². The number of ether oxygens (including phenoxy) is 1. The highest BCUT2D eigenvalue weighted by Gasteiger charge is 2.47. The largest absolute Gasteiger partial charge is 0.481 e. The van der Waals surface area contributed by atoms with Crippen LogP contribution >= 0.6 is 23.5 Å². The van der Waals surface area contributed by atoms with E-state index in [1.54, 1.807) is 6.92 Å². The average molecular weight is 531 g/mol. The van der Waals surface area contributed by atoms with Gasteiger partial charge >= 0.3 is 5.97 Å². The highest BCUT2D eigenvalue weighted by Crippen LogP contribution is 2.53. The molecular formula is C28H50O5S2. The van der Waals surface area contributed by atoms with Gasteiger partial charge in [0.1, 0.15) is 0 Å². The summed E-state index contributed by atoms with van der Waals surface area (Å²) in [5.41, 5.74) is 1.08. The number of unbranched alkanes of at least 4 members (excludes halogenated alkanes) is 1. The Morgan fingerprint density at radius 3 is 2.46 bits per heavy atom. The first-order chi connectivity index (χ1) is 16.6. The minimum Gasteiger partial charge on any atom is -0.481 e. The number of carboxylic acids is 1. The Labute approximate surface area is 222 Å². The van der Waals surface area contributed by atoms with Crippen LogP contribution in [0.2, 0.25) is 0 Å². The lowest BCUT2D eigenvalue weighted by molar-refractivity contribution is -0.141. The van der Waals surface area contributed by atoms with E-state index in [1.807, 2.05) is 23.5 Å². The van der Waals surface area contributed by atoms with E-state index in [4.69, 9.17) is 9.84 Å². The number of carboxylic acid groups (broad SMARTS) is 1. The maximum absolute atomic E-state index is 11.6. The molecule has 0 bridgehead atoms. The zero-order chi connectivity index (χ0) is 26.0. The van der Waals surface area contributed by atoms with Gasteiger partial charge in [0.15, 0.2) is 0 Å². The summed E-state index contributed by atoms with van der Waals surface area (Å²) in [4.78, 5) is 11.0. The van der Waals surface area contributed by atoms with Crippen LogP contribution in [0.3, 0.4) is 0 Å². The number of thioether (sulfide) groups is 2. The average Bonchev–Trinajstić information content (AvgIpc) is 3.15. The third-order valence-corrected chi connectivity index (χ3v) is 11.7. The van der Waals surface area contributed by atoms with Crippen molar-refractivity contribution in [1.82, 2.24) is 0 Å². The fraction of sp³-hybridized carbons (Fsp3) is 0.893. The van der Waals surface area contributed by atoms with Crippen molar-refractivity contribution in [2.75, 3.05) is 11.5 Å². The summed E-state index contributed by atoms with van der Waals surface area (Å²) >= 11 is 3.82. The van der Waals surface area contributed by atoms with Crippen molar-refractivity contribution in [3.8, 4) is 0 Å². The van der Waals surface area contributed by atoms with Gasteiger partial charge in [0.25, 0.3) is 0 Å². The van der Waals surface area contributed by atoms with Crippen LogP contribution in [0.1, 0.15) is 98.3 Å². The second kappa shape index (κ2) is 15.3. The molecule has 2 aliphatic heterocycles. The van der Waals surface area contributed by atoms with Crippen LogP contribution in [-0.2, 0) is 9.53 Å². The number of carbonyl (C=O) groups is 1. The molecule has 0 aromatic heterocycles. The Bertz CT molecular complexity index is 651. The Kier molecular flexibility index (Phi) is 13.5. The Morgan fingerprint density at radius 1 is 1.14 bits per heavy atom. The van der Waals surface area contributed by atoms with E-state index < -0.39 is 12.1 Å². The van der Waals surface area contributed by atoms with Gasteiger partial charge < -0.3 is 20.1 Å². The second-order valence-corrected chi connectivity index (χ2v) is 14.1. The molecule has 3 N–H and O–H groups in total. The molecule has 2 aliphatic rings. The zero-order valence-corrected chi connectivity index (χ0v) is 24.0. The molecule has 7 heteroatoms. The topological polar surface area (TPSA) is 87.0 Å². The lowest BCUT2D eigenvalue weighted by Gasteiger charge is -2.45. The molecule has 0 aromatic rings. The second-order valence-electron chi connectivity index (χ2n) is 11.1. The van der Waals surface area contributed by atoms with Crippen LogP contribution < -0.4 is 0 Å². The van der Waals surface area contributed by atoms with Gasteiger partial charge in [-0.2, -0.15) is 0 Å². The number of hydrogen-bond donors (Lipinski definition) is 3. The van der Waals surface area contributed by atoms with Crippen molar-refractivity contribution in [2.45, 2.75) is 127 Å². The van der Waals surface area contributed by atoms with E-state index in [0.717, 1.165) is 62.0 Å². The predicted molar refractivity (Wildman–Crippen MR) is 149 cm³/mol. The zero-order valence-electron chi connectivity index (χ0n) is 22.4. The molecule has 2 rings (SSSR count). The summed E-state index contributed by atoms with van der Waals surface area (Å²) in [6, 6.07) is 0. The fourth-order valence-electron chi connectivity index (χ4n) is 5.64. The van der Waals surface area contributed by atoms with E-state index in [-0.39, 0.29) is 34.2 Å². The van der Waals surface area contributed by atoms with Gasteiger partial charge in [-0.1, -0.05) is 59.1 Å². The smallest absolute Gasteiger partial charge is 0.306 e. The standard InChI is InChI=1S/C28H50O5S2/c1-6-10-23(29)16-19(2)15-22(5)28(34-13-9-14-35-28)26(30)18-24-17-21(4)25(33-24)12-8-7-11-20(3)27(31)32/h20-26,29-30H,2,6-18H2,1,3-5H3,(H,31,32)/t20-,21-,22+,23+,24+,25-,26+/m0/s1. The van der Waals surface area contributed by atoms with Crippen molar-refractivity contribution in [2.24, 2.45) is 17.8 Å². The summed E-state index contributed by atoms with van der Waals surface area (Å²) in [6.45, 7) is 12.6. The van der Waals surface area contributed by atoms with Gasteiger partial charge in [-0.15, -0.1) is 23.5 Å². The number of aliphatic hydroxyl groups is 2. The summed E-state index contributed by atoms with van der Waals surface area (Å²) < 4.78 is 6.17. The van der Waals surface area contributed by atoms with Gasteiger partial charge in [0.05, 0.1) is 34.4 Å². The predicted octanol–water partition coefficient (Wildman–Crippen LogP) is 6.51. The van der Waals surface area contributed by atoms with E-state index in [1.165, 1.54) is 6.42 Å². The highest BCUT2D eigenvalue weighted by molar-refractivity contribution is 8.18. The summed E-state index contributed by atoms with van der Waals surface area (Å²) in [5, 5.41) is 30.9. The highest BCUT2D eigenvalue weighted by atomic mass is 32.2. The molecule has 2 heterocycles. The number of hydrogen-bond acceptors (Lipinski definition) is 6. The third kappa shape index (κ3) is 9.55. The monoisotopic (exact) mass is 530 g/mol. The van der Waals surface area contributed by atoms with Crippen LogP contribution in [0.25, 0.3) is 0 Å².